The van der Waals surface area contributed by atoms with Gasteiger partial charge < -0.3 is 19.5 Å². The molecule has 1 aliphatic heterocycles. The Hall–Kier alpha value is -2.47. The molecule has 0 aliphatic carbocycles. The number of carbonyl (C=O) groups is 2. The highest BCUT2D eigenvalue weighted by Crippen LogP contribution is 2.16. The highest BCUT2D eigenvalue weighted by Gasteiger charge is 2.24. The SMILES string of the molecule is O=C(Nc1cccc(Cl)c1)N1CCCN(C(=O)c2ccco2)CC1. The topological polar surface area (TPSA) is 65.8 Å². The Kier molecular flexibility index (Phi) is 5.05. The molecular formula is C17H18ClN3O3. The zero-order valence-electron chi connectivity index (χ0n) is 13.1. The molecule has 1 aromatic carbocycles. The molecule has 3 rings (SSSR count). The van der Waals surface area contributed by atoms with E-state index in [4.69, 9.17) is 16.0 Å². The first-order valence-corrected chi connectivity index (χ1v) is 8.15. The van der Waals surface area contributed by atoms with Crippen LogP contribution in [0.15, 0.2) is 47.1 Å². The monoisotopic (exact) mass is 347 g/mol. The number of nitrogens with one attached hydrogen (secondary N) is 1. The van der Waals surface area contributed by atoms with Gasteiger partial charge in [0.2, 0.25) is 0 Å². The Morgan fingerprint density at radius 1 is 1.04 bits per heavy atom. The molecule has 1 fully saturated rings. The Labute approximate surface area is 145 Å². The number of nitrogens with zero attached hydrogens (tertiary/aromatic N) is 2. The van der Waals surface area contributed by atoms with Gasteiger partial charge >= 0.3 is 6.03 Å². The summed E-state index contributed by atoms with van der Waals surface area (Å²) in [5, 5.41) is 3.40. The molecule has 1 N–H and O–H groups in total. The maximum absolute atomic E-state index is 12.4. The van der Waals surface area contributed by atoms with Crippen LogP contribution in [0, 0.1) is 0 Å². The van der Waals surface area contributed by atoms with E-state index in [9.17, 15) is 9.59 Å². The van der Waals surface area contributed by atoms with E-state index in [0.29, 0.717) is 42.6 Å². The zero-order chi connectivity index (χ0) is 16.9. The summed E-state index contributed by atoms with van der Waals surface area (Å²) in [4.78, 5) is 28.1. The van der Waals surface area contributed by atoms with Gasteiger partial charge in [0, 0.05) is 36.9 Å². The van der Waals surface area contributed by atoms with Crippen LogP contribution >= 0.6 is 11.6 Å². The van der Waals surface area contributed by atoms with Gasteiger partial charge in [0.05, 0.1) is 6.26 Å². The summed E-state index contributed by atoms with van der Waals surface area (Å²) >= 11 is 5.93. The molecule has 7 heteroatoms. The Balaban J connectivity index is 1.59. The summed E-state index contributed by atoms with van der Waals surface area (Å²) in [7, 11) is 0. The number of carbonyl (C=O) groups excluding carboxylic acids is 2. The third-order valence-electron chi connectivity index (χ3n) is 3.88. The zero-order valence-corrected chi connectivity index (χ0v) is 13.8. The van der Waals surface area contributed by atoms with Crippen LogP contribution in [0.2, 0.25) is 5.02 Å². The van der Waals surface area contributed by atoms with Gasteiger partial charge in [-0.05, 0) is 36.8 Å². The fraction of sp³-hybridized carbons (Fsp3) is 0.294. The van der Waals surface area contributed by atoms with Crippen LogP contribution in [0.4, 0.5) is 10.5 Å². The van der Waals surface area contributed by atoms with Crippen LogP contribution in [0.1, 0.15) is 17.0 Å². The van der Waals surface area contributed by atoms with Crippen molar-refractivity contribution in [3.05, 3.63) is 53.4 Å². The molecule has 3 amide bonds. The summed E-state index contributed by atoms with van der Waals surface area (Å²) in [5.74, 6) is 0.184. The van der Waals surface area contributed by atoms with Crippen LogP contribution in [0.5, 0.6) is 0 Å². The maximum Gasteiger partial charge on any atom is 0.321 e. The minimum atomic E-state index is -0.190. The molecule has 2 aromatic rings. The van der Waals surface area contributed by atoms with Crippen molar-refractivity contribution < 1.29 is 14.0 Å². The second kappa shape index (κ2) is 7.40. The van der Waals surface area contributed by atoms with Gasteiger partial charge in [-0.1, -0.05) is 17.7 Å². The lowest BCUT2D eigenvalue weighted by atomic mass is 10.3. The van der Waals surface area contributed by atoms with Crippen molar-refractivity contribution in [3.63, 3.8) is 0 Å². The van der Waals surface area contributed by atoms with Gasteiger partial charge in [0.1, 0.15) is 0 Å². The molecule has 0 bridgehead atoms. The van der Waals surface area contributed by atoms with Crippen LogP contribution < -0.4 is 5.32 Å². The van der Waals surface area contributed by atoms with Gasteiger partial charge in [0.25, 0.3) is 5.91 Å². The fourth-order valence-electron chi connectivity index (χ4n) is 2.65. The van der Waals surface area contributed by atoms with E-state index in [1.165, 1.54) is 6.26 Å². The fourth-order valence-corrected chi connectivity index (χ4v) is 2.84. The number of urea groups is 1. The molecule has 24 heavy (non-hydrogen) atoms. The average Bonchev–Trinajstić information content (AvgIpc) is 2.98. The number of rotatable bonds is 2. The van der Waals surface area contributed by atoms with E-state index in [0.717, 1.165) is 6.42 Å². The standard InChI is InChI=1S/C17H18ClN3O3/c18-13-4-1-5-14(12-13)19-17(23)21-8-3-7-20(9-10-21)16(22)15-6-2-11-24-15/h1-2,4-6,11-12H,3,7-10H2,(H,19,23). The molecule has 0 radical (unpaired) electrons. The van der Waals surface area contributed by atoms with E-state index < -0.39 is 0 Å². The van der Waals surface area contributed by atoms with Gasteiger partial charge in [-0.25, -0.2) is 4.79 Å². The average molecular weight is 348 g/mol. The minimum absolute atomic E-state index is 0.142. The molecule has 0 spiro atoms. The van der Waals surface area contributed by atoms with E-state index >= 15 is 0 Å². The van der Waals surface area contributed by atoms with Crippen LogP contribution in [0.25, 0.3) is 0 Å². The molecule has 0 saturated carbocycles. The Morgan fingerprint density at radius 2 is 1.83 bits per heavy atom. The predicted molar refractivity (Wildman–Crippen MR) is 91.3 cm³/mol. The summed E-state index contributed by atoms with van der Waals surface area (Å²) in [6.07, 6.45) is 2.20. The maximum atomic E-state index is 12.4. The van der Waals surface area contributed by atoms with Gasteiger partial charge in [-0.2, -0.15) is 0 Å². The number of benzene rings is 1. The van der Waals surface area contributed by atoms with Crippen LogP contribution in [-0.4, -0.2) is 47.9 Å². The van der Waals surface area contributed by atoms with Gasteiger partial charge in [-0.3, -0.25) is 4.79 Å². The molecule has 6 nitrogen and oxygen atoms in total. The normalized spacial score (nSPS) is 15.0. The molecule has 2 heterocycles. The first kappa shape index (κ1) is 16.4. The van der Waals surface area contributed by atoms with Gasteiger partial charge in [-0.15, -0.1) is 0 Å². The van der Waals surface area contributed by atoms with E-state index in [-0.39, 0.29) is 11.9 Å². The van der Waals surface area contributed by atoms with E-state index in [1.807, 2.05) is 0 Å². The van der Waals surface area contributed by atoms with Crippen molar-refractivity contribution in [2.75, 3.05) is 31.5 Å². The lowest BCUT2D eigenvalue weighted by Crippen LogP contribution is -2.39. The summed E-state index contributed by atoms with van der Waals surface area (Å²) in [6, 6.07) is 10.2. The number of halogens is 1. The largest absolute Gasteiger partial charge is 0.459 e. The Morgan fingerprint density at radius 3 is 2.58 bits per heavy atom. The second-order valence-electron chi connectivity index (χ2n) is 5.55. The van der Waals surface area contributed by atoms with E-state index in [1.54, 1.807) is 46.2 Å². The summed E-state index contributed by atoms with van der Waals surface area (Å²) in [6.45, 7) is 2.14. The minimum Gasteiger partial charge on any atom is -0.459 e. The lowest BCUT2D eigenvalue weighted by molar-refractivity contribution is 0.0731. The molecule has 1 aliphatic rings. The highest BCUT2D eigenvalue weighted by atomic mass is 35.5. The van der Waals surface area contributed by atoms with Crippen molar-refractivity contribution in [2.24, 2.45) is 0 Å². The molecule has 0 unspecified atom stereocenters. The number of furan rings is 1. The van der Waals surface area contributed by atoms with Crippen LogP contribution in [-0.2, 0) is 0 Å². The number of hydrogen-bond donors (Lipinski definition) is 1. The summed E-state index contributed by atoms with van der Waals surface area (Å²) in [5.41, 5.74) is 0.653. The molecule has 126 valence electrons. The third kappa shape index (κ3) is 3.89. The number of amides is 3. The predicted octanol–water partition coefficient (Wildman–Crippen LogP) is 3.31. The molecule has 1 aromatic heterocycles. The molecule has 1 saturated heterocycles. The second-order valence-corrected chi connectivity index (χ2v) is 5.99. The van der Waals surface area contributed by atoms with Crippen molar-refractivity contribution in [3.8, 4) is 0 Å². The number of hydrogen-bond acceptors (Lipinski definition) is 3. The van der Waals surface area contributed by atoms with Crippen molar-refractivity contribution in [2.45, 2.75) is 6.42 Å². The quantitative estimate of drug-likeness (QED) is 0.906. The first-order chi connectivity index (χ1) is 11.6. The smallest absolute Gasteiger partial charge is 0.321 e. The van der Waals surface area contributed by atoms with Crippen molar-refractivity contribution in [1.29, 1.82) is 0 Å². The van der Waals surface area contributed by atoms with Crippen LogP contribution in [0.3, 0.4) is 0 Å². The molecule has 0 atom stereocenters. The number of anilines is 1. The first-order valence-electron chi connectivity index (χ1n) is 7.78. The van der Waals surface area contributed by atoms with Crippen molar-refractivity contribution in [1.82, 2.24) is 9.80 Å². The lowest BCUT2D eigenvalue weighted by Gasteiger charge is -2.22. The van der Waals surface area contributed by atoms with Gasteiger partial charge in [0.15, 0.2) is 5.76 Å². The Bertz CT molecular complexity index is 718. The highest BCUT2D eigenvalue weighted by molar-refractivity contribution is 6.30. The third-order valence-corrected chi connectivity index (χ3v) is 4.11. The summed E-state index contributed by atoms with van der Waals surface area (Å²) < 4.78 is 5.16. The molecular weight excluding hydrogens is 330 g/mol. The van der Waals surface area contributed by atoms with Crippen molar-refractivity contribution >= 4 is 29.2 Å². The van der Waals surface area contributed by atoms with E-state index in [2.05, 4.69) is 5.32 Å².